The Morgan fingerprint density at radius 3 is 2.60 bits per heavy atom. The number of anilines is 1. The molecule has 0 radical (unpaired) electrons. The number of benzene rings is 1. The van der Waals surface area contributed by atoms with Gasteiger partial charge in [-0.1, -0.05) is 45.5 Å². The summed E-state index contributed by atoms with van der Waals surface area (Å²) >= 11 is 0. The Bertz CT molecular complexity index is 415. The van der Waals surface area contributed by atoms with Crippen LogP contribution in [-0.4, -0.2) is 7.05 Å². The predicted octanol–water partition coefficient (Wildman–Crippen LogP) is 3.49. The van der Waals surface area contributed by atoms with Gasteiger partial charge in [0, 0.05) is 23.8 Å². The van der Waals surface area contributed by atoms with Crippen LogP contribution in [0.2, 0.25) is 0 Å². The lowest BCUT2D eigenvalue weighted by molar-refractivity contribution is 0.643. The first kappa shape index (κ1) is 10.3. The van der Waals surface area contributed by atoms with Crippen LogP contribution in [0.5, 0.6) is 0 Å². The van der Waals surface area contributed by atoms with Crippen molar-refractivity contribution in [3.63, 3.8) is 0 Å². The molecule has 1 heteroatoms. The van der Waals surface area contributed by atoms with E-state index < -0.39 is 0 Å². The first-order valence-electron chi connectivity index (χ1n) is 5.55. The SMILES string of the molecule is C=C1N(C)c2c(CC)cccc2C1(C)C. The van der Waals surface area contributed by atoms with Crippen molar-refractivity contribution in [1.82, 2.24) is 0 Å². The molecule has 0 bridgehead atoms. The number of fused-ring (bicyclic) bond motifs is 1. The number of nitrogens with zero attached hydrogens (tertiary/aromatic N) is 1. The van der Waals surface area contributed by atoms with E-state index in [1.165, 1.54) is 22.5 Å². The van der Waals surface area contributed by atoms with Gasteiger partial charge >= 0.3 is 0 Å². The van der Waals surface area contributed by atoms with Crippen LogP contribution in [0, 0.1) is 0 Å². The average molecular weight is 201 g/mol. The summed E-state index contributed by atoms with van der Waals surface area (Å²) in [6.45, 7) is 10.9. The Balaban J connectivity index is 2.70. The number of hydrogen-bond donors (Lipinski definition) is 0. The van der Waals surface area contributed by atoms with Gasteiger partial charge in [0.25, 0.3) is 0 Å². The third kappa shape index (κ3) is 1.22. The largest absolute Gasteiger partial charge is 0.347 e. The van der Waals surface area contributed by atoms with Gasteiger partial charge in [-0.2, -0.15) is 0 Å². The molecular formula is C14H19N. The van der Waals surface area contributed by atoms with E-state index in [0.29, 0.717) is 0 Å². The number of allylic oxidation sites excluding steroid dienone is 1. The second-order valence-corrected chi connectivity index (χ2v) is 4.80. The van der Waals surface area contributed by atoms with Crippen molar-refractivity contribution in [2.24, 2.45) is 0 Å². The van der Waals surface area contributed by atoms with Crippen LogP contribution in [-0.2, 0) is 11.8 Å². The van der Waals surface area contributed by atoms with Crippen LogP contribution in [0.4, 0.5) is 5.69 Å². The topological polar surface area (TPSA) is 3.24 Å². The average Bonchev–Trinajstić information content (AvgIpc) is 2.41. The number of aryl methyl sites for hydroxylation is 1. The summed E-state index contributed by atoms with van der Waals surface area (Å²) in [4.78, 5) is 2.24. The van der Waals surface area contributed by atoms with Gasteiger partial charge in [0.05, 0.1) is 0 Å². The van der Waals surface area contributed by atoms with E-state index in [0.717, 1.165) is 6.42 Å². The Labute approximate surface area is 92.4 Å². The predicted molar refractivity (Wildman–Crippen MR) is 66.4 cm³/mol. The Kier molecular flexibility index (Phi) is 2.14. The van der Waals surface area contributed by atoms with E-state index in [1.54, 1.807) is 0 Å². The van der Waals surface area contributed by atoms with Crippen LogP contribution < -0.4 is 4.90 Å². The molecule has 0 N–H and O–H groups in total. The minimum atomic E-state index is 0.0786. The van der Waals surface area contributed by atoms with Crippen molar-refractivity contribution in [2.45, 2.75) is 32.6 Å². The molecule has 1 aromatic rings. The summed E-state index contributed by atoms with van der Waals surface area (Å²) in [5.74, 6) is 0. The Morgan fingerprint density at radius 2 is 2.00 bits per heavy atom. The van der Waals surface area contributed by atoms with Gasteiger partial charge in [-0.15, -0.1) is 0 Å². The first-order valence-corrected chi connectivity index (χ1v) is 5.55. The molecule has 0 fully saturated rings. The molecule has 2 rings (SSSR count). The van der Waals surface area contributed by atoms with E-state index in [-0.39, 0.29) is 5.41 Å². The lowest BCUT2D eigenvalue weighted by Gasteiger charge is -2.22. The molecule has 0 amide bonds. The van der Waals surface area contributed by atoms with E-state index in [2.05, 4.69) is 57.5 Å². The summed E-state index contributed by atoms with van der Waals surface area (Å²) in [5.41, 5.74) is 5.47. The highest BCUT2D eigenvalue weighted by Crippen LogP contribution is 2.47. The summed E-state index contributed by atoms with van der Waals surface area (Å²) in [6.07, 6.45) is 1.08. The Hall–Kier alpha value is -1.24. The minimum absolute atomic E-state index is 0.0786. The van der Waals surface area contributed by atoms with Crippen LogP contribution in [0.25, 0.3) is 0 Å². The molecule has 1 heterocycles. The minimum Gasteiger partial charge on any atom is -0.347 e. The van der Waals surface area contributed by atoms with Gasteiger partial charge in [0.15, 0.2) is 0 Å². The molecule has 0 spiro atoms. The number of hydrogen-bond acceptors (Lipinski definition) is 1. The second kappa shape index (κ2) is 3.13. The van der Waals surface area contributed by atoms with E-state index in [4.69, 9.17) is 0 Å². The summed E-state index contributed by atoms with van der Waals surface area (Å²) in [5, 5.41) is 0. The standard InChI is InChI=1S/C14H19N/c1-6-11-8-7-9-12-13(11)15(5)10(2)14(12,3)4/h7-9H,2,6H2,1,3-5H3. The highest BCUT2D eigenvalue weighted by atomic mass is 15.2. The molecule has 1 aliphatic heterocycles. The van der Waals surface area contributed by atoms with Crippen LogP contribution in [0.15, 0.2) is 30.5 Å². The maximum absolute atomic E-state index is 4.20. The van der Waals surface area contributed by atoms with Gasteiger partial charge in [-0.25, -0.2) is 0 Å². The first-order chi connectivity index (χ1) is 7.00. The normalized spacial score (nSPS) is 18.1. The zero-order valence-electron chi connectivity index (χ0n) is 10.1. The maximum atomic E-state index is 4.20. The number of likely N-dealkylation sites (N-methyl/N-ethyl adjacent to an activating group) is 1. The van der Waals surface area contributed by atoms with Crippen LogP contribution in [0.1, 0.15) is 31.9 Å². The second-order valence-electron chi connectivity index (χ2n) is 4.80. The molecule has 1 nitrogen and oxygen atoms in total. The molecule has 0 saturated carbocycles. The fourth-order valence-corrected chi connectivity index (χ4v) is 2.49. The van der Waals surface area contributed by atoms with Crippen molar-refractivity contribution in [3.05, 3.63) is 41.6 Å². The fourth-order valence-electron chi connectivity index (χ4n) is 2.49. The lowest BCUT2D eigenvalue weighted by atomic mass is 9.84. The zero-order valence-corrected chi connectivity index (χ0v) is 10.1. The molecule has 0 aromatic heterocycles. The van der Waals surface area contributed by atoms with Crippen molar-refractivity contribution in [1.29, 1.82) is 0 Å². The lowest BCUT2D eigenvalue weighted by Crippen LogP contribution is -2.21. The smallest absolute Gasteiger partial charge is 0.0480 e. The van der Waals surface area contributed by atoms with Gasteiger partial charge in [-0.05, 0) is 17.5 Å². The molecule has 80 valence electrons. The summed E-state index contributed by atoms with van der Waals surface area (Å²) in [6, 6.07) is 6.60. The highest BCUT2D eigenvalue weighted by molar-refractivity contribution is 5.72. The van der Waals surface area contributed by atoms with Gasteiger partial charge < -0.3 is 4.90 Å². The molecule has 0 unspecified atom stereocenters. The molecule has 15 heavy (non-hydrogen) atoms. The van der Waals surface area contributed by atoms with Crippen molar-refractivity contribution in [3.8, 4) is 0 Å². The van der Waals surface area contributed by atoms with Crippen molar-refractivity contribution in [2.75, 3.05) is 11.9 Å². The molecule has 0 saturated heterocycles. The summed E-state index contributed by atoms with van der Waals surface area (Å²) in [7, 11) is 2.12. The number of rotatable bonds is 1. The van der Waals surface area contributed by atoms with Crippen molar-refractivity contribution >= 4 is 5.69 Å². The van der Waals surface area contributed by atoms with Crippen molar-refractivity contribution < 1.29 is 0 Å². The van der Waals surface area contributed by atoms with Crippen LogP contribution in [0.3, 0.4) is 0 Å². The molecule has 1 aliphatic rings. The van der Waals surface area contributed by atoms with Crippen LogP contribution >= 0.6 is 0 Å². The fraction of sp³-hybridized carbons (Fsp3) is 0.429. The van der Waals surface area contributed by atoms with Gasteiger partial charge in [0.1, 0.15) is 0 Å². The monoisotopic (exact) mass is 201 g/mol. The highest BCUT2D eigenvalue weighted by Gasteiger charge is 2.37. The number of para-hydroxylation sites is 1. The third-order valence-electron chi connectivity index (χ3n) is 3.64. The van der Waals surface area contributed by atoms with Gasteiger partial charge in [0.2, 0.25) is 0 Å². The molecular weight excluding hydrogens is 182 g/mol. The molecule has 0 atom stereocenters. The maximum Gasteiger partial charge on any atom is 0.0480 e. The quantitative estimate of drug-likeness (QED) is 0.672. The third-order valence-corrected chi connectivity index (χ3v) is 3.64. The van der Waals surface area contributed by atoms with E-state index in [9.17, 15) is 0 Å². The molecule has 0 aliphatic carbocycles. The molecule has 1 aromatic carbocycles. The zero-order chi connectivity index (χ0) is 11.2. The van der Waals surface area contributed by atoms with Gasteiger partial charge in [-0.3, -0.25) is 0 Å². The summed E-state index contributed by atoms with van der Waals surface area (Å²) < 4.78 is 0. The van der Waals surface area contributed by atoms with E-state index in [1.807, 2.05) is 0 Å². The Morgan fingerprint density at radius 1 is 1.33 bits per heavy atom. The van der Waals surface area contributed by atoms with E-state index >= 15 is 0 Å².